The highest BCUT2D eigenvalue weighted by Gasteiger charge is 2.27. The predicted molar refractivity (Wildman–Crippen MR) is 62.9 cm³/mol. The zero-order valence-corrected chi connectivity index (χ0v) is 9.65. The average molecular weight is 224 g/mol. The summed E-state index contributed by atoms with van der Waals surface area (Å²) < 4.78 is 0. The van der Waals surface area contributed by atoms with E-state index < -0.39 is 6.10 Å². The van der Waals surface area contributed by atoms with Crippen LogP contribution < -0.4 is 0 Å². The molecule has 1 N–H and O–H groups in total. The Bertz CT molecular complexity index is 307. The van der Waals surface area contributed by atoms with Gasteiger partial charge in [0.05, 0.1) is 6.10 Å². The summed E-state index contributed by atoms with van der Waals surface area (Å²) in [5, 5.41) is 10.2. The standard InChI is InChI=1S/C11H16N2OS/c1-13-5-6-15-8-10(13)11(14)9-3-2-4-12-7-9/h2-4,7,10-11,14H,5-6,8H2,1H3. The molecule has 0 spiro atoms. The van der Waals surface area contributed by atoms with Crippen LogP contribution in [-0.2, 0) is 0 Å². The summed E-state index contributed by atoms with van der Waals surface area (Å²) in [5.74, 6) is 2.15. The summed E-state index contributed by atoms with van der Waals surface area (Å²) >= 11 is 1.91. The SMILES string of the molecule is CN1CCSCC1C(O)c1cccnc1. The number of hydrogen-bond donors (Lipinski definition) is 1. The quantitative estimate of drug-likeness (QED) is 0.818. The van der Waals surface area contributed by atoms with Crippen molar-refractivity contribution < 1.29 is 5.11 Å². The molecule has 15 heavy (non-hydrogen) atoms. The number of aliphatic hydroxyl groups excluding tert-OH is 1. The highest BCUT2D eigenvalue weighted by atomic mass is 32.2. The highest BCUT2D eigenvalue weighted by Crippen LogP contribution is 2.25. The van der Waals surface area contributed by atoms with E-state index >= 15 is 0 Å². The summed E-state index contributed by atoms with van der Waals surface area (Å²) in [4.78, 5) is 6.27. The van der Waals surface area contributed by atoms with Gasteiger partial charge in [-0.2, -0.15) is 11.8 Å². The Morgan fingerprint density at radius 3 is 3.20 bits per heavy atom. The molecule has 1 aliphatic heterocycles. The van der Waals surface area contributed by atoms with Gasteiger partial charge in [0.1, 0.15) is 0 Å². The molecular weight excluding hydrogens is 208 g/mol. The van der Waals surface area contributed by atoms with Crippen molar-refractivity contribution in [3.8, 4) is 0 Å². The molecule has 0 amide bonds. The topological polar surface area (TPSA) is 36.4 Å². The number of aliphatic hydroxyl groups is 1. The third kappa shape index (κ3) is 2.51. The van der Waals surface area contributed by atoms with E-state index in [1.54, 1.807) is 12.4 Å². The van der Waals surface area contributed by atoms with Gasteiger partial charge in [-0.1, -0.05) is 6.07 Å². The third-order valence-electron chi connectivity index (χ3n) is 2.83. The Labute approximate surface area is 94.5 Å². The summed E-state index contributed by atoms with van der Waals surface area (Å²) in [6.45, 7) is 1.05. The van der Waals surface area contributed by atoms with Gasteiger partial charge in [-0.15, -0.1) is 0 Å². The predicted octanol–water partition coefficient (Wildman–Crippen LogP) is 1.16. The molecule has 1 aromatic rings. The lowest BCUT2D eigenvalue weighted by Gasteiger charge is -2.35. The number of rotatable bonds is 2. The van der Waals surface area contributed by atoms with Gasteiger partial charge in [-0.3, -0.25) is 9.88 Å². The molecule has 1 aromatic heterocycles. The van der Waals surface area contributed by atoms with Gasteiger partial charge in [-0.05, 0) is 13.1 Å². The Hall–Kier alpha value is -0.580. The molecule has 2 rings (SSSR count). The molecule has 2 atom stereocenters. The van der Waals surface area contributed by atoms with Crippen LogP contribution >= 0.6 is 11.8 Å². The number of thioether (sulfide) groups is 1. The third-order valence-corrected chi connectivity index (χ3v) is 3.88. The molecule has 3 nitrogen and oxygen atoms in total. The molecule has 82 valence electrons. The minimum Gasteiger partial charge on any atom is -0.387 e. The fraction of sp³-hybridized carbons (Fsp3) is 0.545. The van der Waals surface area contributed by atoms with Crippen LogP contribution in [0, 0.1) is 0 Å². The maximum atomic E-state index is 10.2. The summed E-state index contributed by atoms with van der Waals surface area (Å²) in [5.41, 5.74) is 0.914. The Morgan fingerprint density at radius 2 is 2.53 bits per heavy atom. The van der Waals surface area contributed by atoms with Crippen LogP contribution in [0.5, 0.6) is 0 Å². The minimum atomic E-state index is -0.420. The second-order valence-electron chi connectivity index (χ2n) is 3.85. The molecule has 0 aromatic carbocycles. The van der Waals surface area contributed by atoms with Gasteiger partial charge in [0.25, 0.3) is 0 Å². The van der Waals surface area contributed by atoms with Gasteiger partial charge in [0.15, 0.2) is 0 Å². The monoisotopic (exact) mass is 224 g/mol. The van der Waals surface area contributed by atoms with Crippen LogP contribution in [0.2, 0.25) is 0 Å². The number of nitrogens with zero attached hydrogens (tertiary/aromatic N) is 2. The van der Waals surface area contributed by atoms with E-state index in [2.05, 4.69) is 16.9 Å². The van der Waals surface area contributed by atoms with Crippen molar-refractivity contribution in [3.05, 3.63) is 30.1 Å². The second kappa shape index (κ2) is 4.96. The fourth-order valence-electron chi connectivity index (χ4n) is 1.81. The first-order valence-corrected chi connectivity index (χ1v) is 6.30. The van der Waals surface area contributed by atoms with Gasteiger partial charge < -0.3 is 5.11 Å². The van der Waals surface area contributed by atoms with E-state index in [0.717, 1.165) is 23.6 Å². The van der Waals surface area contributed by atoms with Crippen molar-refractivity contribution in [1.29, 1.82) is 0 Å². The van der Waals surface area contributed by atoms with Crippen molar-refractivity contribution >= 4 is 11.8 Å². The van der Waals surface area contributed by atoms with Crippen LogP contribution in [0.25, 0.3) is 0 Å². The van der Waals surface area contributed by atoms with Crippen LogP contribution in [0.4, 0.5) is 0 Å². The van der Waals surface area contributed by atoms with Gasteiger partial charge >= 0.3 is 0 Å². The first kappa shape index (κ1) is 10.9. The van der Waals surface area contributed by atoms with Gasteiger partial charge in [-0.25, -0.2) is 0 Å². The van der Waals surface area contributed by atoms with E-state index in [1.807, 2.05) is 23.9 Å². The normalized spacial score (nSPS) is 25.1. The first-order valence-electron chi connectivity index (χ1n) is 5.15. The molecule has 1 fully saturated rings. The summed E-state index contributed by atoms with van der Waals surface area (Å²) in [7, 11) is 2.07. The molecule has 1 aliphatic rings. The average Bonchev–Trinajstić information content (AvgIpc) is 2.30. The molecule has 0 aliphatic carbocycles. The Morgan fingerprint density at radius 1 is 1.67 bits per heavy atom. The van der Waals surface area contributed by atoms with Crippen LogP contribution in [-0.4, -0.2) is 46.1 Å². The second-order valence-corrected chi connectivity index (χ2v) is 5.00. The molecule has 0 saturated carbocycles. The van der Waals surface area contributed by atoms with E-state index in [-0.39, 0.29) is 6.04 Å². The van der Waals surface area contributed by atoms with Crippen molar-refractivity contribution in [2.24, 2.45) is 0 Å². The lowest BCUT2D eigenvalue weighted by atomic mass is 10.0. The zero-order valence-electron chi connectivity index (χ0n) is 8.84. The van der Waals surface area contributed by atoms with E-state index in [0.29, 0.717) is 0 Å². The maximum Gasteiger partial charge on any atom is 0.0967 e. The van der Waals surface area contributed by atoms with Crippen molar-refractivity contribution in [3.63, 3.8) is 0 Å². The van der Waals surface area contributed by atoms with Crippen molar-refractivity contribution in [1.82, 2.24) is 9.88 Å². The fourth-order valence-corrected chi connectivity index (χ4v) is 3.07. The highest BCUT2D eigenvalue weighted by molar-refractivity contribution is 7.99. The molecule has 2 unspecified atom stereocenters. The lowest BCUT2D eigenvalue weighted by molar-refractivity contribution is 0.0756. The molecular formula is C11H16N2OS. The van der Waals surface area contributed by atoms with E-state index in [9.17, 15) is 5.11 Å². The molecule has 0 radical (unpaired) electrons. The molecule has 0 bridgehead atoms. The van der Waals surface area contributed by atoms with Gasteiger partial charge in [0.2, 0.25) is 0 Å². The zero-order chi connectivity index (χ0) is 10.7. The van der Waals surface area contributed by atoms with E-state index in [4.69, 9.17) is 0 Å². The molecule has 1 saturated heterocycles. The Balaban J connectivity index is 2.09. The van der Waals surface area contributed by atoms with Crippen LogP contribution in [0.1, 0.15) is 11.7 Å². The minimum absolute atomic E-state index is 0.216. The number of aromatic nitrogens is 1. The van der Waals surface area contributed by atoms with Gasteiger partial charge in [0, 0.05) is 42.0 Å². The first-order chi connectivity index (χ1) is 7.29. The Kier molecular flexibility index (Phi) is 3.61. The summed E-state index contributed by atoms with van der Waals surface area (Å²) in [6, 6.07) is 4.02. The number of pyridine rings is 1. The summed E-state index contributed by atoms with van der Waals surface area (Å²) in [6.07, 6.45) is 3.06. The largest absolute Gasteiger partial charge is 0.387 e. The number of hydrogen-bond acceptors (Lipinski definition) is 4. The maximum absolute atomic E-state index is 10.2. The van der Waals surface area contributed by atoms with Crippen molar-refractivity contribution in [2.45, 2.75) is 12.1 Å². The van der Waals surface area contributed by atoms with Crippen molar-refractivity contribution in [2.75, 3.05) is 25.1 Å². The van der Waals surface area contributed by atoms with Crippen LogP contribution in [0.3, 0.4) is 0 Å². The lowest BCUT2D eigenvalue weighted by Crippen LogP contribution is -2.43. The molecule has 2 heterocycles. The molecule has 4 heteroatoms. The van der Waals surface area contributed by atoms with E-state index in [1.165, 1.54) is 0 Å². The number of likely N-dealkylation sites (N-methyl/N-ethyl adjacent to an activating group) is 1. The van der Waals surface area contributed by atoms with Crippen LogP contribution in [0.15, 0.2) is 24.5 Å². The smallest absolute Gasteiger partial charge is 0.0967 e.